The number of carbonyl (C=O) groups is 3. The highest BCUT2D eigenvalue weighted by Gasteiger charge is 2.41. The number of para-hydroxylation sites is 1. The highest BCUT2D eigenvalue weighted by Crippen LogP contribution is 2.35. The van der Waals surface area contributed by atoms with E-state index in [9.17, 15) is 14.4 Å². The normalized spacial score (nSPS) is 17.8. The minimum Gasteiger partial charge on any atom is -0.496 e. The van der Waals surface area contributed by atoms with E-state index in [2.05, 4.69) is 4.74 Å². The van der Waals surface area contributed by atoms with Crippen LogP contribution in [0.1, 0.15) is 12.5 Å². The van der Waals surface area contributed by atoms with Crippen LogP contribution in [0.4, 0.5) is 4.79 Å². The van der Waals surface area contributed by atoms with Gasteiger partial charge in [0, 0.05) is 5.56 Å². The second-order valence-corrected chi connectivity index (χ2v) is 5.49. The summed E-state index contributed by atoms with van der Waals surface area (Å²) in [5.74, 6) is -0.560. The first-order valence-corrected chi connectivity index (χ1v) is 7.29. The van der Waals surface area contributed by atoms with Crippen molar-refractivity contribution in [3.8, 4) is 5.75 Å². The summed E-state index contributed by atoms with van der Waals surface area (Å²) in [5, 5.41) is -0.496. The number of carbonyl (C=O) groups excluding carboxylic acids is 3. The van der Waals surface area contributed by atoms with E-state index in [-0.39, 0.29) is 4.91 Å². The second-order valence-electron chi connectivity index (χ2n) is 4.49. The zero-order chi connectivity index (χ0) is 16.3. The van der Waals surface area contributed by atoms with Crippen LogP contribution in [-0.4, -0.2) is 42.3 Å². The molecule has 1 aromatic carbocycles. The Labute approximate surface area is 132 Å². The smallest absolute Gasteiger partial charge is 0.328 e. The molecule has 0 aliphatic carbocycles. The number of imide groups is 1. The van der Waals surface area contributed by atoms with Crippen molar-refractivity contribution in [2.75, 3.05) is 14.2 Å². The minimum atomic E-state index is -0.957. The molecule has 0 bridgehead atoms. The maximum Gasteiger partial charge on any atom is 0.328 e. The first kappa shape index (κ1) is 16.1. The monoisotopic (exact) mass is 321 g/mol. The number of hydrogen-bond donors (Lipinski definition) is 0. The van der Waals surface area contributed by atoms with Gasteiger partial charge in [-0.15, -0.1) is 0 Å². The minimum absolute atomic E-state index is 0.241. The standard InChI is InChI=1S/C15H15NO5S/c1-9(14(18)21-3)16-13(17)12(22-15(16)19)8-10-6-4-5-7-11(10)20-2/h4-9H,1-3H3/b12-8+/t9-/m0/s1. The van der Waals surface area contributed by atoms with Gasteiger partial charge in [0.15, 0.2) is 0 Å². The van der Waals surface area contributed by atoms with Crippen molar-refractivity contribution >= 4 is 35.0 Å². The third kappa shape index (κ3) is 2.99. The molecule has 0 spiro atoms. The molecule has 1 atom stereocenters. The third-order valence-corrected chi connectivity index (χ3v) is 4.06. The Balaban J connectivity index is 2.32. The largest absolute Gasteiger partial charge is 0.496 e. The van der Waals surface area contributed by atoms with Crippen LogP contribution in [0.3, 0.4) is 0 Å². The number of benzene rings is 1. The zero-order valence-corrected chi connectivity index (χ0v) is 13.2. The summed E-state index contributed by atoms with van der Waals surface area (Å²) < 4.78 is 9.79. The molecule has 2 amide bonds. The fourth-order valence-electron chi connectivity index (χ4n) is 2.02. The molecule has 0 saturated carbocycles. The molecule has 1 heterocycles. The van der Waals surface area contributed by atoms with Crippen molar-refractivity contribution in [3.05, 3.63) is 34.7 Å². The average Bonchev–Trinajstić information content (AvgIpc) is 2.80. The van der Waals surface area contributed by atoms with Gasteiger partial charge in [-0.3, -0.25) is 14.5 Å². The molecule has 116 valence electrons. The molecule has 1 fully saturated rings. The molecule has 1 aromatic rings. The summed E-state index contributed by atoms with van der Waals surface area (Å²) >= 11 is 0.787. The van der Waals surface area contributed by atoms with Crippen LogP contribution >= 0.6 is 11.8 Å². The number of nitrogens with zero attached hydrogens (tertiary/aromatic N) is 1. The molecule has 2 rings (SSSR count). The van der Waals surface area contributed by atoms with Gasteiger partial charge in [-0.05, 0) is 30.8 Å². The lowest BCUT2D eigenvalue weighted by Crippen LogP contribution is -2.42. The van der Waals surface area contributed by atoms with E-state index < -0.39 is 23.2 Å². The molecule has 0 aromatic heterocycles. The van der Waals surface area contributed by atoms with Crippen LogP contribution in [0.15, 0.2) is 29.2 Å². The number of rotatable bonds is 4. The van der Waals surface area contributed by atoms with Crippen molar-refractivity contribution in [1.82, 2.24) is 4.90 Å². The Kier molecular flexibility index (Phi) is 4.87. The molecule has 0 radical (unpaired) electrons. The highest BCUT2D eigenvalue weighted by molar-refractivity contribution is 8.18. The topological polar surface area (TPSA) is 72.9 Å². The lowest BCUT2D eigenvalue weighted by molar-refractivity contribution is -0.148. The van der Waals surface area contributed by atoms with E-state index in [0.717, 1.165) is 16.7 Å². The van der Waals surface area contributed by atoms with E-state index >= 15 is 0 Å². The van der Waals surface area contributed by atoms with Crippen LogP contribution in [0.5, 0.6) is 5.75 Å². The van der Waals surface area contributed by atoms with Crippen molar-refractivity contribution < 1.29 is 23.9 Å². The Morgan fingerprint density at radius 3 is 2.59 bits per heavy atom. The quantitative estimate of drug-likeness (QED) is 0.626. The van der Waals surface area contributed by atoms with Gasteiger partial charge in [-0.2, -0.15) is 0 Å². The van der Waals surface area contributed by atoms with Gasteiger partial charge in [0.05, 0.1) is 19.1 Å². The Hall–Kier alpha value is -2.28. The molecule has 22 heavy (non-hydrogen) atoms. The third-order valence-electron chi connectivity index (χ3n) is 3.18. The predicted molar refractivity (Wildman–Crippen MR) is 82.3 cm³/mol. The molecule has 1 aliphatic heterocycles. The maximum atomic E-state index is 12.3. The van der Waals surface area contributed by atoms with Gasteiger partial charge < -0.3 is 9.47 Å². The van der Waals surface area contributed by atoms with Gasteiger partial charge in [0.1, 0.15) is 11.8 Å². The number of esters is 1. The van der Waals surface area contributed by atoms with Crippen molar-refractivity contribution in [2.45, 2.75) is 13.0 Å². The van der Waals surface area contributed by atoms with Crippen LogP contribution in [0.25, 0.3) is 6.08 Å². The number of methoxy groups -OCH3 is 2. The lowest BCUT2D eigenvalue weighted by atomic mass is 10.2. The fourth-order valence-corrected chi connectivity index (χ4v) is 2.92. The van der Waals surface area contributed by atoms with Crippen LogP contribution in [0, 0.1) is 0 Å². The highest BCUT2D eigenvalue weighted by atomic mass is 32.2. The lowest BCUT2D eigenvalue weighted by Gasteiger charge is -2.18. The van der Waals surface area contributed by atoms with E-state index in [1.165, 1.54) is 21.1 Å². The van der Waals surface area contributed by atoms with Crippen LogP contribution in [0.2, 0.25) is 0 Å². The first-order valence-electron chi connectivity index (χ1n) is 6.47. The first-order chi connectivity index (χ1) is 10.5. The van der Waals surface area contributed by atoms with Gasteiger partial charge in [-0.25, -0.2) is 4.79 Å². The van der Waals surface area contributed by atoms with Gasteiger partial charge in [0.25, 0.3) is 11.1 Å². The van der Waals surface area contributed by atoms with Crippen molar-refractivity contribution in [1.29, 1.82) is 0 Å². The van der Waals surface area contributed by atoms with Gasteiger partial charge >= 0.3 is 5.97 Å². The van der Waals surface area contributed by atoms with E-state index in [1.54, 1.807) is 30.3 Å². The molecule has 0 N–H and O–H groups in total. The number of amides is 2. The molecule has 1 aliphatic rings. The Morgan fingerprint density at radius 1 is 1.27 bits per heavy atom. The fraction of sp³-hybridized carbons (Fsp3) is 0.267. The molecular formula is C15H15NO5S. The summed E-state index contributed by atoms with van der Waals surface area (Å²) in [6.07, 6.45) is 1.58. The number of ether oxygens (including phenoxy) is 2. The number of hydrogen-bond acceptors (Lipinski definition) is 6. The summed E-state index contributed by atoms with van der Waals surface area (Å²) in [6.45, 7) is 1.45. The predicted octanol–water partition coefficient (Wildman–Crippen LogP) is 2.29. The summed E-state index contributed by atoms with van der Waals surface area (Å²) in [6, 6.07) is 6.18. The number of thioether (sulfide) groups is 1. The van der Waals surface area contributed by atoms with Crippen molar-refractivity contribution in [3.63, 3.8) is 0 Å². The summed E-state index contributed by atoms with van der Waals surface area (Å²) in [7, 11) is 2.74. The van der Waals surface area contributed by atoms with Crippen molar-refractivity contribution in [2.24, 2.45) is 0 Å². The summed E-state index contributed by atoms with van der Waals surface area (Å²) in [5.41, 5.74) is 0.682. The van der Waals surface area contributed by atoms with Gasteiger partial charge in [-0.1, -0.05) is 18.2 Å². The van der Waals surface area contributed by atoms with E-state index in [1.807, 2.05) is 0 Å². The van der Waals surface area contributed by atoms with Crippen LogP contribution in [-0.2, 0) is 14.3 Å². The van der Waals surface area contributed by atoms with Gasteiger partial charge in [0.2, 0.25) is 0 Å². The molecule has 6 nitrogen and oxygen atoms in total. The van der Waals surface area contributed by atoms with E-state index in [4.69, 9.17) is 4.74 Å². The van der Waals surface area contributed by atoms with E-state index in [0.29, 0.717) is 11.3 Å². The summed E-state index contributed by atoms with van der Waals surface area (Å²) in [4.78, 5) is 37.0. The molecular weight excluding hydrogens is 306 g/mol. The molecule has 0 unspecified atom stereocenters. The maximum absolute atomic E-state index is 12.3. The average molecular weight is 321 g/mol. The molecule has 7 heteroatoms. The zero-order valence-electron chi connectivity index (χ0n) is 12.4. The second kappa shape index (κ2) is 6.65. The van der Waals surface area contributed by atoms with Crippen LogP contribution < -0.4 is 4.74 Å². The Morgan fingerprint density at radius 2 is 1.95 bits per heavy atom. The Bertz CT molecular complexity index is 655. The SMILES string of the molecule is COC(=O)[C@H](C)N1C(=O)S/C(=C/c2ccccc2OC)C1=O. The molecule has 1 saturated heterocycles.